The minimum atomic E-state index is -3.25. The highest BCUT2D eigenvalue weighted by Gasteiger charge is 2.34. The minimum Gasteiger partial charge on any atom is -0.441 e. The van der Waals surface area contributed by atoms with E-state index in [-0.39, 0.29) is 11.0 Å². The van der Waals surface area contributed by atoms with Gasteiger partial charge in [-0.05, 0) is 63.4 Å². The number of benzene rings is 1. The van der Waals surface area contributed by atoms with Crippen LogP contribution in [-0.2, 0) is 15.6 Å². The Labute approximate surface area is 173 Å². The van der Waals surface area contributed by atoms with Crippen molar-refractivity contribution in [3.05, 3.63) is 47.9 Å². The Morgan fingerprint density at radius 3 is 2.41 bits per heavy atom. The summed E-state index contributed by atoms with van der Waals surface area (Å²) < 4.78 is 31.9. The number of nitrogens with zero attached hydrogens (tertiary/aromatic N) is 2. The Morgan fingerprint density at radius 1 is 1.14 bits per heavy atom. The van der Waals surface area contributed by atoms with Crippen LogP contribution in [0.1, 0.15) is 55.5 Å². The number of hydrogen-bond donors (Lipinski definition) is 0. The molecule has 1 saturated heterocycles. The molecule has 1 aromatic carbocycles. The zero-order valence-corrected chi connectivity index (χ0v) is 18.0. The van der Waals surface area contributed by atoms with E-state index in [4.69, 9.17) is 4.42 Å². The molecule has 1 aliphatic heterocycles. The third-order valence-electron chi connectivity index (χ3n) is 6.45. The van der Waals surface area contributed by atoms with Crippen LogP contribution < -0.4 is 0 Å². The molecule has 0 amide bonds. The van der Waals surface area contributed by atoms with Crippen molar-refractivity contribution >= 4 is 15.9 Å². The third-order valence-corrected chi connectivity index (χ3v) is 8.61. The van der Waals surface area contributed by atoms with Crippen molar-refractivity contribution in [1.29, 1.82) is 0 Å². The van der Waals surface area contributed by atoms with Crippen LogP contribution in [0.4, 0.5) is 0 Å². The lowest BCUT2D eigenvalue weighted by Gasteiger charge is -2.35. The van der Waals surface area contributed by atoms with Gasteiger partial charge in [0.1, 0.15) is 5.76 Å². The maximum absolute atomic E-state index is 13.1. The molecule has 2 aliphatic rings. The Balaban J connectivity index is 1.43. The number of rotatable bonds is 6. The molecule has 0 spiro atoms. The zero-order valence-electron chi connectivity index (χ0n) is 17.1. The standard InChI is InChI=1S/C23H30N2O3S/c1-3-18-8-10-19(11-9-18)23-24-22(17(2)28-23)16-29(26,27)21-12-14-25(15-13-21)20-6-4-5-7-20/h3,8-11,20-21H,1,4-7,12-16H2,2H3. The number of oxazole rings is 1. The van der Waals surface area contributed by atoms with Crippen molar-refractivity contribution in [1.82, 2.24) is 9.88 Å². The highest BCUT2D eigenvalue weighted by Crippen LogP contribution is 2.30. The van der Waals surface area contributed by atoms with Gasteiger partial charge in [-0.15, -0.1) is 0 Å². The van der Waals surface area contributed by atoms with E-state index in [1.54, 1.807) is 13.0 Å². The highest BCUT2D eigenvalue weighted by atomic mass is 32.2. The van der Waals surface area contributed by atoms with Gasteiger partial charge in [0, 0.05) is 11.6 Å². The van der Waals surface area contributed by atoms with Gasteiger partial charge >= 0.3 is 0 Å². The van der Waals surface area contributed by atoms with E-state index >= 15 is 0 Å². The smallest absolute Gasteiger partial charge is 0.226 e. The molecular weight excluding hydrogens is 384 g/mol. The molecule has 156 valence electrons. The molecule has 1 aliphatic carbocycles. The molecule has 1 aromatic heterocycles. The van der Waals surface area contributed by atoms with Crippen LogP contribution in [0.15, 0.2) is 35.3 Å². The van der Waals surface area contributed by atoms with Crippen molar-refractivity contribution in [3.63, 3.8) is 0 Å². The molecule has 0 N–H and O–H groups in total. The molecule has 2 fully saturated rings. The third kappa shape index (κ3) is 4.48. The summed E-state index contributed by atoms with van der Waals surface area (Å²) in [5.41, 5.74) is 2.39. The van der Waals surface area contributed by atoms with Crippen molar-refractivity contribution in [2.75, 3.05) is 13.1 Å². The summed E-state index contributed by atoms with van der Waals surface area (Å²) in [6, 6.07) is 8.39. The molecule has 4 rings (SSSR count). The SMILES string of the molecule is C=Cc1ccc(-c2nc(CS(=O)(=O)C3CCN(C4CCCC4)CC3)c(C)o2)cc1. The fourth-order valence-electron chi connectivity index (χ4n) is 4.63. The molecular formula is C23H30N2O3S. The van der Waals surface area contributed by atoms with Crippen LogP contribution >= 0.6 is 0 Å². The summed E-state index contributed by atoms with van der Waals surface area (Å²) >= 11 is 0. The van der Waals surface area contributed by atoms with Gasteiger partial charge < -0.3 is 9.32 Å². The number of sulfone groups is 1. The second-order valence-electron chi connectivity index (χ2n) is 8.33. The number of hydrogen-bond acceptors (Lipinski definition) is 5. The highest BCUT2D eigenvalue weighted by molar-refractivity contribution is 7.91. The van der Waals surface area contributed by atoms with Gasteiger partial charge in [-0.3, -0.25) is 0 Å². The van der Waals surface area contributed by atoms with E-state index in [9.17, 15) is 8.42 Å². The van der Waals surface area contributed by atoms with Crippen LogP contribution in [0.25, 0.3) is 17.5 Å². The average molecular weight is 415 g/mol. The quantitative estimate of drug-likeness (QED) is 0.690. The van der Waals surface area contributed by atoms with Gasteiger partial charge in [0.05, 0.1) is 16.7 Å². The number of likely N-dealkylation sites (tertiary alicyclic amines) is 1. The van der Waals surface area contributed by atoms with Crippen molar-refractivity contribution < 1.29 is 12.8 Å². The number of aromatic nitrogens is 1. The maximum atomic E-state index is 13.1. The molecule has 1 saturated carbocycles. The predicted octanol–water partition coefficient (Wildman–Crippen LogP) is 4.61. The monoisotopic (exact) mass is 414 g/mol. The summed E-state index contributed by atoms with van der Waals surface area (Å²) in [4.78, 5) is 7.02. The van der Waals surface area contributed by atoms with Crippen LogP contribution in [0.5, 0.6) is 0 Å². The summed E-state index contributed by atoms with van der Waals surface area (Å²) in [5.74, 6) is 1.01. The summed E-state index contributed by atoms with van der Waals surface area (Å²) in [7, 11) is -3.25. The topological polar surface area (TPSA) is 63.4 Å². The van der Waals surface area contributed by atoms with E-state index in [2.05, 4.69) is 16.5 Å². The molecule has 0 bridgehead atoms. The van der Waals surface area contributed by atoms with Gasteiger partial charge in [-0.25, -0.2) is 13.4 Å². The Hall–Kier alpha value is -1.92. The average Bonchev–Trinajstić information content (AvgIpc) is 3.39. The van der Waals surface area contributed by atoms with Crippen LogP contribution in [-0.4, -0.2) is 42.7 Å². The Kier molecular flexibility index (Phi) is 5.93. The largest absolute Gasteiger partial charge is 0.441 e. The van der Waals surface area contributed by atoms with Crippen LogP contribution in [0, 0.1) is 6.92 Å². The van der Waals surface area contributed by atoms with E-state index in [0.29, 0.717) is 23.4 Å². The molecule has 29 heavy (non-hydrogen) atoms. The maximum Gasteiger partial charge on any atom is 0.226 e. The van der Waals surface area contributed by atoms with Gasteiger partial charge in [0.2, 0.25) is 5.89 Å². The molecule has 5 nitrogen and oxygen atoms in total. The lowest BCUT2D eigenvalue weighted by atomic mass is 10.1. The fourth-order valence-corrected chi connectivity index (χ4v) is 6.44. The predicted molar refractivity (Wildman–Crippen MR) is 116 cm³/mol. The van der Waals surface area contributed by atoms with Crippen molar-refractivity contribution in [2.24, 2.45) is 0 Å². The minimum absolute atomic E-state index is 0.0405. The summed E-state index contributed by atoms with van der Waals surface area (Å²) in [6.45, 7) is 7.34. The van der Waals surface area contributed by atoms with Gasteiger partial charge in [0.25, 0.3) is 0 Å². The molecule has 2 aromatic rings. The number of aryl methyl sites for hydroxylation is 1. The lowest BCUT2D eigenvalue weighted by Crippen LogP contribution is -2.44. The Morgan fingerprint density at radius 2 is 1.79 bits per heavy atom. The first kappa shape index (κ1) is 20.4. The van der Waals surface area contributed by atoms with Crippen molar-refractivity contribution in [2.45, 2.75) is 62.5 Å². The van der Waals surface area contributed by atoms with Crippen LogP contribution in [0.3, 0.4) is 0 Å². The van der Waals surface area contributed by atoms with E-state index in [1.807, 2.05) is 24.3 Å². The summed E-state index contributed by atoms with van der Waals surface area (Å²) in [5, 5.41) is -0.272. The Bertz CT molecular complexity index is 949. The molecule has 2 heterocycles. The number of piperidine rings is 1. The van der Waals surface area contributed by atoms with Crippen molar-refractivity contribution in [3.8, 4) is 11.5 Å². The van der Waals surface area contributed by atoms with Gasteiger partial charge in [-0.2, -0.15) is 0 Å². The van der Waals surface area contributed by atoms with Gasteiger partial charge in [-0.1, -0.05) is 37.6 Å². The first-order chi connectivity index (χ1) is 14.0. The molecule has 6 heteroatoms. The second kappa shape index (κ2) is 8.44. The zero-order chi connectivity index (χ0) is 20.4. The molecule has 0 atom stereocenters. The first-order valence-corrected chi connectivity index (χ1v) is 12.3. The normalized spacial score (nSPS) is 19.6. The lowest BCUT2D eigenvalue weighted by molar-refractivity contribution is 0.166. The molecule has 0 unspecified atom stereocenters. The molecule has 0 radical (unpaired) electrons. The first-order valence-electron chi connectivity index (χ1n) is 10.6. The second-order valence-corrected chi connectivity index (χ2v) is 10.6. The van der Waals surface area contributed by atoms with Gasteiger partial charge in [0.15, 0.2) is 9.84 Å². The van der Waals surface area contributed by atoms with Crippen LogP contribution in [0.2, 0.25) is 0 Å². The van der Waals surface area contributed by atoms with E-state index in [0.717, 1.165) is 37.1 Å². The van der Waals surface area contributed by atoms with E-state index < -0.39 is 9.84 Å². The summed E-state index contributed by atoms with van der Waals surface area (Å²) in [6.07, 6.45) is 8.40. The van der Waals surface area contributed by atoms with E-state index in [1.165, 1.54) is 25.7 Å². The fraction of sp³-hybridized carbons (Fsp3) is 0.522.